The van der Waals surface area contributed by atoms with Crippen LogP contribution >= 0.6 is 11.6 Å². The minimum Gasteiger partial charge on any atom is -0.408 e. The van der Waals surface area contributed by atoms with E-state index in [1.165, 1.54) is 29.8 Å². The molecule has 1 unspecified atom stereocenters. The maximum absolute atomic E-state index is 13.3. The number of fused-ring (bicyclic) bond motifs is 1. The number of aryl methyl sites for hydroxylation is 1. The van der Waals surface area contributed by atoms with Crippen molar-refractivity contribution in [2.45, 2.75) is 10.9 Å². The summed E-state index contributed by atoms with van der Waals surface area (Å²) in [6, 6.07) is 9.69. The molecule has 1 amide bonds. The van der Waals surface area contributed by atoms with Gasteiger partial charge in [0.2, 0.25) is 15.9 Å². The van der Waals surface area contributed by atoms with Gasteiger partial charge in [-0.2, -0.15) is 4.31 Å². The summed E-state index contributed by atoms with van der Waals surface area (Å²) in [6.45, 7) is 0.291. The second-order valence-corrected chi connectivity index (χ2v) is 8.75. The molecule has 8 nitrogen and oxygen atoms in total. The van der Waals surface area contributed by atoms with Crippen LogP contribution in [0.25, 0.3) is 11.1 Å². The first-order valence-electron chi connectivity index (χ1n) is 8.43. The predicted molar refractivity (Wildman–Crippen MR) is 103 cm³/mol. The molecule has 1 N–H and O–H groups in total. The molecular formula is C18H16ClN3O5S. The van der Waals surface area contributed by atoms with Crippen LogP contribution in [0.3, 0.4) is 0 Å². The number of aromatic nitrogens is 1. The van der Waals surface area contributed by atoms with Crippen molar-refractivity contribution in [2.75, 3.05) is 13.1 Å². The predicted octanol–water partition coefficient (Wildman–Crippen LogP) is 1.65. The first-order chi connectivity index (χ1) is 13.3. The Labute approximate surface area is 165 Å². The number of carbonyl (C=O) groups excluding carboxylic acids is 1. The molecule has 0 radical (unpaired) electrons. The van der Waals surface area contributed by atoms with Gasteiger partial charge in [-0.05, 0) is 29.8 Å². The van der Waals surface area contributed by atoms with Gasteiger partial charge in [0.1, 0.15) is 6.04 Å². The van der Waals surface area contributed by atoms with E-state index in [4.69, 9.17) is 16.0 Å². The smallest absolute Gasteiger partial charge is 0.408 e. The Balaban J connectivity index is 1.82. The van der Waals surface area contributed by atoms with E-state index in [0.717, 1.165) is 4.31 Å². The summed E-state index contributed by atoms with van der Waals surface area (Å²) in [5.74, 6) is -1.01. The standard InChI is InChI=1S/C18H16ClN3O5S/c1-21-14-6-5-13(10-15(14)27-18(21)24)28(25,26)22-8-7-20-17(23)16(22)11-3-2-4-12(19)9-11/h2-6,9-10,16H,7-8H2,1H3,(H,20,23). The van der Waals surface area contributed by atoms with Crippen molar-refractivity contribution < 1.29 is 17.6 Å². The van der Waals surface area contributed by atoms with Crippen LogP contribution in [0.4, 0.5) is 0 Å². The lowest BCUT2D eigenvalue weighted by Crippen LogP contribution is -2.52. The summed E-state index contributed by atoms with van der Waals surface area (Å²) < 4.78 is 34.2. The second kappa shape index (κ2) is 6.77. The van der Waals surface area contributed by atoms with Gasteiger partial charge >= 0.3 is 5.76 Å². The average Bonchev–Trinajstić information content (AvgIpc) is 2.95. The Hall–Kier alpha value is -2.62. The van der Waals surface area contributed by atoms with Gasteiger partial charge in [0.15, 0.2) is 5.58 Å². The number of rotatable bonds is 3. The van der Waals surface area contributed by atoms with Crippen molar-refractivity contribution in [3.05, 3.63) is 63.6 Å². The molecule has 28 heavy (non-hydrogen) atoms. The van der Waals surface area contributed by atoms with Crippen LogP contribution in [0.15, 0.2) is 56.6 Å². The molecule has 0 bridgehead atoms. The van der Waals surface area contributed by atoms with Crippen molar-refractivity contribution in [2.24, 2.45) is 7.05 Å². The van der Waals surface area contributed by atoms with E-state index in [0.29, 0.717) is 16.1 Å². The minimum atomic E-state index is -4.04. The van der Waals surface area contributed by atoms with Crippen molar-refractivity contribution in [1.29, 1.82) is 0 Å². The van der Waals surface area contributed by atoms with E-state index in [2.05, 4.69) is 5.32 Å². The number of halogens is 1. The molecule has 146 valence electrons. The highest BCUT2D eigenvalue weighted by atomic mass is 35.5. The molecule has 1 atom stereocenters. The Morgan fingerprint density at radius 2 is 1.96 bits per heavy atom. The number of sulfonamides is 1. The summed E-state index contributed by atoms with van der Waals surface area (Å²) in [7, 11) is -2.51. The molecule has 0 saturated carbocycles. The van der Waals surface area contributed by atoms with Gasteiger partial charge in [-0.1, -0.05) is 23.7 Å². The average molecular weight is 422 g/mol. The maximum atomic E-state index is 13.3. The summed E-state index contributed by atoms with van der Waals surface area (Å²) in [6.07, 6.45) is 0. The van der Waals surface area contributed by atoms with Gasteiger partial charge in [-0.15, -0.1) is 0 Å². The van der Waals surface area contributed by atoms with Gasteiger partial charge in [0.25, 0.3) is 0 Å². The summed E-state index contributed by atoms with van der Waals surface area (Å²) >= 11 is 6.03. The van der Waals surface area contributed by atoms with Crippen molar-refractivity contribution in [3.63, 3.8) is 0 Å². The Kier molecular flexibility index (Phi) is 4.53. The number of nitrogens with zero attached hydrogens (tertiary/aromatic N) is 2. The number of benzene rings is 2. The Bertz CT molecular complexity index is 1250. The van der Waals surface area contributed by atoms with Crippen LogP contribution in [0.5, 0.6) is 0 Å². The quantitative estimate of drug-likeness (QED) is 0.692. The normalized spacial score (nSPS) is 18.4. The van der Waals surface area contributed by atoms with Crippen LogP contribution in [-0.2, 0) is 21.9 Å². The monoisotopic (exact) mass is 421 g/mol. The van der Waals surface area contributed by atoms with Crippen molar-refractivity contribution in [1.82, 2.24) is 14.2 Å². The third kappa shape index (κ3) is 3.01. The zero-order chi connectivity index (χ0) is 20.1. The van der Waals surface area contributed by atoms with Gasteiger partial charge < -0.3 is 9.73 Å². The fourth-order valence-electron chi connectivity index (χ4n) is 3.31. The zero-order valence-electron chi connectivity index (χ0n) is 14.8. The fraction of sp³-hybridized carbons (Fsp3) is 0.222. The molecule has 4 rings (SSSR count). The Morgan fingerprint density at radius 3 is 2.71 bits per heavy atom. The van der Waals surface area contributed by atoms with Crippen LogP contribution in [0, 0.1) is 0 Å². The molecule has 1 saturated heterocycles. The lowest BCUT2D eigenvalue weighted by Gasteiger charge is -2.34. The largest absolute Gasteiger partial charge is 0.419 e. The van der Waals surface area contributed by atoms with Crippen LogP contribution in [0.1, 0.15) is 11.6 Å². The molecule has 10 heteroatoms. The van der Waals surface area contributed by atoms with Crippen molar-refractivity contribution in [3.8, 4) is 0 Å². The third-order valence-corrected chi connectivity index (χ3v) is 6.80. The SMILES string of the molecule is Cn1c(=O)oc2cc(S(=O)(=O)N3CCNC(=O)C3c3cccc(Cl)c3)ccc21. The van der Waals surface area contributed by atoms with Crippen LogP contribution < -0.4 is 11.1 Å². The molecule has 1 aliphatic rings. The van der Waals surface area contributed by atoms with E-state index in [1.54, 1.807) is 24.3 Å². The maximum Gasteiger partial charge on any atom is 0.419 e. The highest BCUT2D eigenvalue weighted by Gasteiger charge is 2.39. The number of hydrogen-bond acceptors (Lipinski definition) is 5. The molecule has 2 aromatic carbocycles. The lowest BCUT2D eigenvalue weighted by molar-refractivity contribution is -0.126. The van der Waals surface area contributed by atoms with E-state index < -0.39 is 27.7 Å². The fourth-order valence-corrected chi connectivity index (χ4v) is 5.10. The Morgan fingerprint density at radius 1 is 1.18 bits per heavy atom. The number of piperazine rings is 1. The minimum absolute atomic E-state index is 0.0592. The first kappa shape index (κ1) is 18.7. The first-order valence-corrected chi connectivity index (χ1v) is 10.3. The number of oxazole rings is 1. The van der Waals surface area contributed by atoms with Gasteiger partial charge in [-0.25, -0.2) is 13.2 Å². The number of carbonyl (C=O) groups is 1. The summed E-state index contributed by atoms with van der Waals surface area (Å²) in [5.41, 5.74) is 1.11. The molecule has 3 aromatic rings. The van der Waals surface area contributed by atoms with Crippen LogP contribution in [-0.4, -0.2) is 36.3 Å². The number of hydrogen-bond donors (Lipinski definition) is 1. The molecule has 1 aliphatic heterocycles. The van der Waals surface area contributed by atoms with Gasteiger partial charge in [0, 0.05) is 31.2 Å². The lowest BCUT2D eigenvalue weighted by atomic mass is 10.0. The van der Waals surface area contributed by atoms with E-state index in [-0.39, 0.29) is 23.6 Å². The zero-order valence-corrected chi connectivity index (χ0v) is 16.3. The molecule has 0 aliphatic carbocycles. The highest BCUT2D eigenvalue weighted by Crippen LogP contribution is 2.31. The number of amides is 1. The van der Waals surface area contributed by atoms with E-state index in [1.807, 2.05) is 0 Å². The van der Waals surface area contributed by atoms with E-state index >= 15 is 0 Å². The van der Waals surface area contributed by atoms with Crippen molar-refractivity contribution >= 4 is 38.6 Å². The van der Waals surface area contributed by atoms with Crippen LogP contribution in [0.2, 0.25) is 5.02 Å². The van der Waals surface area contributed by atoms with Gasteiger partial charge in [-0.3, -0.25) is 9.36 Å². The molecular weight excluding hydrogens is 406 g/mol. The third-order valence-electron chi connectivity index (χ3n) is 4.70. The highest BCUT2D eigenvalue weighted by molar-refractivity contribution is 7.89. The molecule has 1 fully saturated rings. The second-order valence-electron chi connectivity index (χ2n) is 6.42. The molecule has 0 spiro atoms. The van der Waals surface area contributed by atoms with E-state index in [9.17, 15) is 18.0 Å². The topological polar surface area (TPSA) is 102 Å². The summed E-state index contributed by atoms with van der Waals surface area (Å²) in [4.78, 5) is 24.2. The molecule has 2 heterocycles. The molecule has 1 aromatic heterocycles. The number of nitrogens with one attached hydrogen (secondary N) is 1. The van der Waals surface area contributed by atoms with Gasteiger partial charge in [0.05, 0.1) is 10.4 Å². The summed E-state index contributed by atoms with van der Waals surface area (Å²) in [5, 5.41) is 3.10.